The van der Waals surface area contributed by atoms with Crippen LogP contribution in [-0.2, 0) is 13.6 Å². The van der Waals surface area contributed by atoms with Crippen molar-refractivity contribution in [3.8, 4) is 0 Å². The van der Waals surface area contributed by atoms with Gasteiger partial charge in [-0.25, -0.2) is 0 Å². The van der Waals surface area contributed by atoms with E-state index in [0.717, 1.165) is 12.8 Å². The highest BCUT2D eigenvalue weighted by Gasteiger charge is 2.35. The molecule has 0 spiro atoms. The molecule has 0 aromatic rings. The van der Waals surface area contributed by atoms with Crippen LogP contribution in [0.5, 0.6) is 0 Å². The van der Waals surface area contributed by atoms with E-state index in [1.54, 1.807) is 27.7 Å². The van der Waals surface area contributed by atoms with Crippen molar-refractivity contribution in [2.24, 2.45) is 0 Å². The minimum Gasteiger partial charge on any atom is -0.305 e. The summed E-state index contributed by atoms with van der Waals surface area (Å²) in [5.74, 6) is 0. The molecule has 0 heterocycles. The molecule has 1 unspecified atom stereocenters. The maximum atomic E-state index is 12.7. The molecule has 0 aromatic heterocycles. The van der Waals surface area contributed by atoms with Crippen LogP contribution in [0, 0.1) is 0 Å². The number of hydrogen-bond acceptors (Lipinski definition) is 4. The first kappa shape index (κ1) is 14.6. The first-order valence-corrected chi connectivity index (χ1v) is 7.83. The van der Waals surface area contributed by atoms with Crippen LogP contribution in [0.25, 0.3) is 0 Å². The molecule has 0 N–H and O–H groups in total. The van der Waals surface area contributed by atoms with E-state index in [9.17, 15) is 4.57 Å². The first-order valence-electron chi connectivity index (χ1n) is 6.34. The lowest BCUT2D eigenvalue weighted by molar-refractivity contribution is 0.140. The van der Waals surface area contributed by atoms with Gasteiger partial charge in [0.1, 0.15) is 4.97 Å². The van der Waals surface area contributed by atoms with E-state index in [2.05, 4.69) is 12.6 Å². The van der Waals surface area contributed by atoms with E-state index in [1.807, 2.05) is 6.92 Å². The van der Waals surface area contributed by atoms with Crippen molar-refractivity contribution in [3.05, 3.63) is 0 Å². The molecule has 0 saturated carbocycles. The van der Waals surface area contributed by atoms with E-state index in [0.29, 0.717) is 6.42 Å². The number of hydrogen-bond donors (Lipinski definition) is 1. The van der Waals surface area contributed by atoms with Gasteiger partial charge in [0.2, 0.25) is 0 Å². The second-order valence-corrected chi connectivity index (χ2v) is 7.17. The van der Waals surface area contributed by atoms with Crippen LogP contribution in [0.4, 0.5) is 0 Å². The molecular weight excluding hydrogens is 243 g/mol. The zero-order chi connectivity index (χ0) is 13.7. The van der Waals surface area contributed by atoms with Crippen LogP contribution in [0.3, 0.4) is 0 Å². The molecule has 16 heavy (non-hydrogen) atoms. The molecule has 0 amide bonds. The summed E-state index contributed by atoms with van der Waals surface area (Å²) in [6.45, 7) is 9.13. The van der Waals surface area contributed by atoms with Crippen LogP contribution in [-0.4, -0.2) is 17.2 Å². The predicted octanol–water partition coefficient (Wildman–Crippen LogP) is 4.48. The Morgan fingerprint density at radius 2 is 1.69 bits per heavy atom. The maximum absolute atomic E-state index is 12.7. The van der Waals surface area contributed by atoms with Gasteiger partial charge >= 0.3 is 7.60 Å². The van der Waals surface area contributed by atoms with Gasteiger partial charge in [-0.05, 0) is 34.1 Å². The summed E-state index contributed by atoms with van der Waals surface area (Å²) < 4.78 is 31.5. The van der Waals surface area contributed by atoms with Gasteiger partial charge in [0.15, 0.2) is 0 Å². The number of rotatable bonds is 8. The summed E-state index contributed by atoms with van der Waals surface area (Å²) in [5.41, 5.74) is 0. The van der Waals surface area contributed by atoms with Gasteiger partial charge in [-0.3, -0.25) is 4.57 Å². The molecule has 5 heteroatoms. The second kappa shape index (κ2) is 7.75. The maximum Gasteiger partial charge on any atom is 0.343 e. The van der Waals surface area contributed by atoms with E-state index >= 15 is 0 Å². The molecule has 0 rings (SSSR count). The van der Waals surface area contributed by atoms with Crippen LogP contribution in [0.2, 0.25) is 0 Å². The lowest BCUT2D eigenvalue weighted by Crippen LogP contribution is -2.14. The summed E-state index contributed by atoms with van der Waals surface area (Å²) in [6.07, 6.45) is 1.59. The van der Waals surface area contributed by atoms with Crippen molar-refractivity contribution in [2.75, 3.05) is 0 Å². The fourth-order valence-electron chi connectivity index (χ4n) is 1.17. The smallest absolute Gasteiger partial charge is 0.305 e. The largest absolute Gasteiger partial charge is 0.343 e. The Balaban J connectivity index is 4.94. The molecule has 1 atom stereocenters. The van der Waals surface area contributed by atoms with Crippen molar-refractivity contribution < 1.29 is 15.0 Å². The minimum absolute atomic E-state index is 0.252. The monoisotopic (exact) mass is 269 g/mol. The topological polar surface area (TPSA) is 35.5 Å². The van der Waals surface area contributed by atoms with Crippen LogP contribution >= 0.6 is 20.2 Å². The molecule has 0 fully saturated rings. The molecule has 3 nitrogen and oxygen atoms in total. The predicted molar refractivity (Wildman–Crippen MR) is 72.3 cm³/mol. The van der Waals surface area contributed by atoms with E-state index in [-0.39, 0.29) is 12.2 Å². The Labute approximate surface area is 107 Å². The Bertz CT molecular complexity index is 255. The summed E-state index contributed by atoms with van der Waals surface area (Å²) in [6, 6.07) is 0. The molecule has 0 aromatic carbocycles. The zero-order valence-corrected chi connectivity index (χ0v) is 12.7. The summed E-state index contributed by atoms with van der Waals surface area (Å²) in [5, 5.41) is 0. The first-order chi connectivity index (χ1) is 7.64. The van der Waals surface area contributed by atoms with Crippen LogP contribution in [0.15, 0.2) is 0 Å². The molecule has 0 aliphatic carbocycles. The lowest BCUT2D eigenvalue weighted by atomic mass is 10.3. The molecule has 0 aliphatic heterocycles. The van der Waals surface area contributed by atoms with Crippen molar-refractivity contribution in [2.45, 2.75) is 71.1 Å². The highest BCUT2D eigenvalue weighted by molar-refractivity contribution is 7.89. The fraction of sp³-hybridized carbons (Fsp3) is 1.00. The second-order valence-electron chi connectivity index (χ2n) is 4.33. The Morgan fingerprint density at radius 1 is 1.25 bits per heavy atom. The quantitative estimate of drug-likeness (QED) is 0.521. The average molecular weight is 269 g/mol. The van der Waals surface area contributed by atoms with E-state index in [1.165, 1.54) is 0 Å². The normalized spacial score (nSPS) is 17.6. The minimum atomic E-state index is -3.53. The number of thiol groups is 1. The number of unbranched alkanes of at least 4 members (excludes halogenated alkanes) is 1. The fourth-order valence-corrected chi connectivity index (χ4v) is 3.45. The lowest BCUT2D eigenvalue weighted by Gasteiger charge is -2.27. The summed E-state index contributed by atoms with van der Waals surface area (Å²) >= 11 is 4.20. The van der Waals surface area contributed by atoms with Gasteiger partial charge in [-0.2, -0.15) is 12.6 Å². The molecule has 0 bridgehead atoms. The third-order valence-electron chi connectivity index (χ3n) is 1.77. The Kier molecular flexibility index (Phi) is 7.06. The van der Waals surface area contributed by atoms with Gasteiger partial charge in [-0.1, -0.05) is 19.8 Å². The van der Waals surface area contributed by atoms with Crippen LogP contribution in [0.1, 0.15) is 55.3 Å². The van der Waals surface area contributed by atoms with Gasteiger partial charge in [0.25, 0.3) is 0 Å². The molecule has 0 saturated heterocycles. The zero-order valence-electron chi connectivity index (χ0n) is 11.9. The van der Waals surface area contributed by atoms with Crippen molar-refractivity contribution in [3.63, 3.8) is 0 Å². The molecular formula is C11H25O3PS. The average Bonchev–Trinajstić information content (AvgIpc) is 2.11. The molecule has 0 aliphatic rings. The van der Waals surface area contributed by atoms with E-state index in [4.69, 9.17) is 10.4 Å². The summed E-state index contributed by atoms with van der Waals surface area (Å²) in [7, 11) is -3.53. The summed E-state index contributed by atoms with van der Waals surface area (Å²) in [4.78, 5) is -1.47. The van der Waals surface area contributed by atoms with Crippen LogP contribution < -0.4 is 0 Å². The highest BCUT2D eigenvalue weighted by atomic mass is 32.1. The third kappa shape index (κ3) is 6.29. The Hall–Kier alpha value is 0.500. The van der Waals surface area contributed by atoms with E-state index < -0.39 is 12.6 Å². The molecule has 98 valence electrons. The third-order valence-corrected chi connectivity index (χ3v) is 4.98. The van der Waals surface area contributed by atoms with Gasteiger partial charge < -0.3 is 9.05 Å². The SMILES string of the molecule is [2H]C(S)(CCCC)P(=O)(OC(C)C)OC(C)C. The van der Waals surface area contributed by atoms with Gasteiger partial charge in [0.05, 0.1) is 13.6 Å². The van der Waals surface area contributed by atoms with Gasteiger partial charge in [0, 0.05) is 0 Å². The Morgan fingerprint density at radius 3 is 2.00 bits per heavy atom. The van der Waals surface area contributed by atoms with Gasteiger partial charge in [-0.15, -0.1) is 0 Å². The highest BCUT2D eigenvalue weighted by Crippen LogP contribution is 2.57. The van der Waals surface area contributed by atoms with Crippen molar-refractivity contribution in [1.29, 1.82) is 0 Å². The standard InChI is InChI=1S/C11H25O3PS/c1-6-7-8-11(16)15(12,13-9(2)3)14-10(4)5/h9-11,16H,6-8H2,1-5H3/i11D. The van der Waals surface area contributed by atoms with Crippen molar-refractivity contribution >= 4 is 20.2 Å². The van der Waals surface area contributed by atoms with Crippen molar-refractivity contribution in [1.82, 2.24) is 0 Å². The molecule has 0 radical (unpaired) electrons.